The molecule has 26 heavy (non-hydrogen) atoms. The lowest BCUT2D eigenvalue weighted by Gasteiger charge is -2.10. The fourth-order valence-electron chi connectivity index (χ4n) is 2.34. The maximum Gasteiger partial charge on any atom is 0.270 e. The fraction of sp³-hybridized carbons (Fsp3) is 0.278. The number of methoxy groups -OCH3 is 1. The summed E-state index contributed by atoms with van der Waals surface area (Å²) in [6.07, 6.45) is 0. The molecule has 2 aromatic rings. The number of halogens is 1. The third-order valence-electron chi connectivity index (χ3n) is 3.72. The number of rotatable bonds is 6. The maximum absolute atomic E-state index is 10.9. The van der Waals surface area contributed by atoms with Crippen LogP contribution in [0.4, 0.5) is 11.4 Å². The number of nitro groups is 1. The zero-order valence-corrected chi connectivity index (χ0v) is 17.3. The summed E-state index contributed by atoms with van der Waals surface area (Å²) in [4.78, 5) is 14.7. The van der Waals surface area contributed by atoms with E-state index in [0.29, 0.717) is 17.2 Å². The zero-order chi connectivity index (χ0) is 18.4. The Kier molecular flexibility index (Phi) is 8.30. The molecule has 0 atom stereocenters. The van der Waals surface area contributed by atoms with E-state index in [1.54, 1.807) is 6.07 Å². The molecule has 7 nitrogen and oxygen atoms in total. The van der Waals surface area contributed by atoms with Crippen LogP contribution in [0.15, 0.2) is 47.5 Å². The molecule has 0 aromatic heterocycles. The van der Waals surface area contributed by atoms with E-state index in [1.807, 2.05) is 18.2 Å². The number of ether oxygens (including phenoxy) is 1. The summed E-state index contributed by atoms with van der Waals surface area (Å²) in [5, 5.41) is 13.9. The number of aliphatic imine (C=N–C) groups is 1. The Bertz CT molecular complexity index is 794. The number of anilines is 1. The lowest BCUT2D eigenvalue weighted by atomic mass is 10.0. The van der Waals surface area contributed by atoms with Gasteiger partial charge in [0.2, 0.25) is 0 Å². The summed E-state index contributed by atoms with van der Waals surface area (Å²) in [5.74, 6) is 1.17. The van der Waals surface area contributed by atoms with Crippen LogP contribution >= 0.6 is 24.0 Å². The minimum Gasteiger partial charge on any atom is -0.496 e. The predicted molar refractivity (Wildman–Crippen MR) is 115 cm³/mol. The van der Waals surface area contributed by atoms with Crippen molar-refractivity contribution < 1.29 is 9.66 Å². The zero-order valence-electron chi connectivity index (χ0n) is 14.9. The highest BCUT2D eigenvalue weighted by Crippen LogP contribution is 2.24. The van der Waals surface area contributed by atoms with Gasteiger partial charge in [-0.25, -0.2) is 4.99 Å². The van der Waals surface area contributed by atoms with E-state index in [-0.39, 0.29) is 42.2 Å². The third-order valence-corrected chi connectivity index (χ3v) is 3.72. The van der Waals surface area contributed by atoms with Crippen LogP contribution in [-0.4, -0.2) is 18.0 Å². The highest BCUT2D eigenvalue weighted by molar-refractivity contribution is 14.0. The average molecular weight is 470 g/mol. The Morgan fingerprint density at radius 3 is 2.65 bits per heavy atom. The van der Waals surface area contributed by atoms with Crippen LogP contribution in [0.2, 0.25) is 0 Å². The van der Waals surface area contributed by atoms with Gasteiger partial charge in [-0.3, -0.25) is 10.1 Å². The number of nitrogens with zero attached hydrogens (tertiary/aromatic N) is 2. The molecule has 0 spiro atoms. The molecule has 0 unspecified atom stereocenters. The second kappa shape index (κ2) is 9.95. The number of non-ortho nitro benzene ring substituents is 1. The van der Waals surface area contributed by atoms with Gasteiger partial charge in [-0.1, -0.05) is 26.0 Å². The van der Waals surface area contributed by atoms with Crippen molar-refractivity contribution in [2.75, 3.05) is 12.4 Å². The Labute approximate surface area is 169 Å². The molecule has 0 aliphatic heterocycles. The summed E-state index contributed by atoms with van der Waals surface area (Å²) in [6, 6.07) is 12.3. The molecule has 2 aromatic carbocycles. The van der Waals surface area contributed by atoms with Gasteiger partial charge in [0.05, 0.1) is 18.6 Å². The van der Waals surface area contributed by atoms with Crippen molar-refractivity contribution in [3.05, 3.63) is 63.7 Å². The molecule has 0 heterocycles. The van der Waals surface area contributed by atoms with Crippen LogP contribution in [-0.2, 0) is 6.54 Å². The van der Waals surface area contributed by atoms with Crippen LogP contribution in [0, 0.1) is 10.1 Å². The number of nitro benzene ring substituents is 1. The van der Waals surface area contributed by atoms with Crippen molar-refractivity contribution in [2.24, 2.45) is 10.7 Å². The first kappa shape index (κ1) is 21.7. The van der Waals surface area contributed by atoms with Crippen LogP contribution in [0.3, 0.4) is 0 Å². The summed E-state index contributed by atoms with van der Waals surface area (Å²) < 4.78 is 5.22. The van der Waals surface area contributed by atoms with Crippen LogP contribution < -0.4 is 15.8 Å². The fourth-order valence-corrected chi connectivity index (χ4v) is 2.34. The quantitative estimate of drug-likeness (QED) is 0.216. The molecule has 0 bridgehead atoms. The van der Waals surface area contributed by atoms with Gasteiger partial charge >= 0.3 is 0 Å². The Morgan fingerprint density at radius 1 is 1.31 bits per heavy atom. The standard InChI is InChI=1S/C18H22N4O3.HI/c1-12(2)13-5-4-6-15(9-13)21-18(19)20-11-14-10-16(22(23)24)7-8-17(14)25-3;/h4-10,12H,11H2,1-3H3,(H3,19,20,21);1H. The van der Waals surface area contributed by atoms with Crippen LogP contribution in [0.1, 0.15) is 30.9 Å². The topological polar surface area (TPSA) is 103 Å². The van der Waals surface area contributed by atoms with E-state index < -0.39 is 4.92 Å². The van der Waals surface area contributed by atoms with Crippen molar-refractivity contribution in [1.29, 1.82) is 0 Å². The number of nitrogens with one attached hydrogen (secondary N) is 1. The van der Waals surface area contributed by atoms with Crippen molar-refractivity contribution in [3.63, 3.8) is 0 Å². The molecule has 0 aliphatic rings. The Hall–Kier alpha value is -2.36. The molecular formula is C18H23IN4O3. The average Bonchev–Trinajstić information content (AvgIpc) is 2.59. The minimum absolute atomic E-state index is 0. The number of benzene rings is 2. The van der Waals surface area contributed by atoms with Crippen molar-refractivity contribution in [2.45, 2.75) is 26.3 Å². The highest BCUT2D eigenvalue weighted by Gasteiger charge is 2.11. The molecule has 2 rings (SSSR count). The first-order valence-electron chi connectivity index (χ1n) is 7.89. The molecule has 0 aliphatic carbocycles. The van der Waals surface area contributed by atoms with E-state index in [4.69, 9.17) is 10.5 Å². The Morgan fingerprint density at radius 2 is 2.04 bits per heavy atom. The van der Waals surface area contributed by atoms with Gasteiger partial charge in [0.1, 0.15) is 5.75 Å². The van der Waals surface area contributed by atoms with Crippen LogP contribution in [0.5, 0.6) is 5.75 Å². The third kappa shape index (κ3) is 5.87. The summed E-state index contributed by atoms with van der Waals surface area (Å²) in [5.41, 5.74) is 8.55. The highest BCUT2D eigenvalue weighted by atomic mass is 127. The van der Waals surface area contributed by atoms with E-state index in [0.717, 1.165) is 5.69 Å². The molecule has 3 N–H and O–H groups in total. The minimum atomic E-state index is -0.453. The molecule has 0 saturated heterocycles. The van der Waals surface area contributed by atoms with Gasteiger partial charge in [-0.2, -0.15) is 0 Å². The smallest absolute Gasteiger partial charge is 0.270 e. The van der Waals surface area contributed by atoms with Crippen molar-refractivity contribution in [3.8, 4) is 5.75 Å². The summed E-state index contributed by atoms with van der Waals surface area (Å²) >= 11 is 0. The molecule has 0 amide bonds. The van der Waals surface area contributed by atoms with Crippen molar-refractivity contribution in [1.82, 2.24) is 0 Å². The summed E-state index contributed by atoms with van der Waals surface area (Å²) in [7, 11) is 1.51. The second-order valence-electron chi connectivity index (χ2n) is 5.86. The first-order chi connectivity index (χ1) is 11.9. The van der Waals surface area contributed by atoms with Gasteiger partial charge in [0.15, 0.2) is 5.96 Å². The normalized spacial score (nSPS) is 11.0. The molecule has 8 heteroatoms. The lowest BCUT2D eigenvalue weighted by molar-refractivity contribution is -0.384. The van der Waals surface area contributed by atoms with Gasteiger partial charge in [-0.15, -0.1) is 24.0 Å². The van der Waals surface area contributed by atoms with E-state index >= 15 is 0 Å². The van der Waals surface area contributed by atoms with E-state index in [2.05, 4.69) is 30.2 Å². The van der Waals surface area contributed by atoms with E-state index in [9.17, 15) is 10.1 Å². The van der Waals surface area contributed by atoms with Gasteiger partial charge in [0.25, 0.3) is 5.69 Å². The molecular weight excluding hydrogens is 447 g/mol. The number of hydrogen-bond acceptors (Lipinski definition) is 4. The molecule has 140 valence electrons. The van der Waals surface area contributed by atoms with Gasteiger partial charge < -0.3 is 15.8 Å². The lowest BCUT2D eigenvalue weighted by Crippen LogP contribution is -2.22. The SMILES string of the molecule is COc1ccc([N+](=O)[O-])cc1CN=C(N)Nc1cccc(C(C)C)c1.I. The molecule has 0 saturated carbocycles. The Balaban J connectivity index is 0.00000338. The second-order valence-corrected chi connectivity index (χ2v) is 5.86. The van der Waals surface area contributed by atoms with Gasteiger partial charge in [-0.05, 0) is 29.7 Å². The number of hydrogen-bond donors (Lipinski definition) is 2. The number of guanidine groups is 1. The molecule has 0 fully saturated rings. The van der Waals surface area contributed by atoms with Crippen molar-refractivity contribution >= 4 is 41.3 Å². The largest absolute Gasteiger partial charge is 0.496 e. The number of nitrogens with two attached hydrogens (primary N) is 1. The summed E-state index contributed by atoms with van der Waals surface area (Å²) in [6.45, 7) is 4.41. The predicted octanol–water partition coefficient (Wildman–Crippen LogP) is 4.27. The molecule has 0 radical (unpaired) electrons. The van der Waals surface area contributed by atoms with E-state index in [1.165, 1.54) is 24.8 Å². The van der Waals surface area contributed by atoms with Crippen LogP contribution in [0.25, 0.3) is 0 Å². The van der Waals surface area contributed by atoms with Gasteiger partial charge in [0, 0.05) is 23.4 Å². The monoisotopic (exact) mass is 470 g/mol. The maximum atomic E-state index is 10.9. The first-order valence-corrected chi connectivity index (χ1v) is 7.89.